The Bertz CT molecular complexity index is 446. The van der Waals surface area contributed by atoms with E-state index in [1.807, 2.05) is 39.1 Å². The SMILES string of the molecule is CN1C(C)(C)C(=O)c2ccccc2C1(C)C. The third-order valence-electron chi connectivity index (χ3n) is 4.06. The minimum absolute atomic E-state index is 0.103. The van der Waals surface area contributed by atoms with Crippen LogP contribution in [0.25, 0.3) is 0 Å². The molecule has 16 heavy (non-hydrogen) atoms. The van der Waals surface area contributed by atoms with Crippen molar-refractivity contribution in [2.45, 2.75) is 38.8 Å². The predicted octanol–water partition coefficient (Wildman–Crippen LogP) is 2.83. The summed E-state index contributed by atoms with van der Waals surface area (Å²) in [6.45, 7) is 8.32. The third-order valence-corrected chi connectivity index (χ3v) is 4.06. The summed E-state index contributed by atoms with van der Waals surface area (Å²) in [7, 11) is 2.02. The zero-order valence-electron chi connectivity index (χ0n) is 10.7. The van der Waals surface area contributed by atoms with Crippen LogP contribution >= 0.6 is 0 Å². The van der Waals surface area contributed by atoms with Gasteiger partial charge in [0.25, 0.3) is 0 Å². The van der Waals surface area contributed by atoms with Crippen LogP contribution in [-0.4, -0.2) is 23.3 Å². The Hall–Kier alpha value is -1.15. The molecule has 2 heteroatoms. The van der Waals surface area contributed by atoms with Gasteiger partial charge in [0.15, 0.2) is 5.78 Å². The van der Waals surface area contributed by atoms with E-state index in [-0.39, 0.29) is 11.3 Å². The third kappa shape index (κ3) is 1.26. The van der Waals surface area contributed by atoms with E-state index < -0.39 is 5.54 Å². The molecule has 0 unspecified atom stereocenters. The molecule has 0 saturated heterocycles. The summed E-state index contributed by atoms with van der Waals surface area (Å²) in [5, 5.41) is 0. The van der Waals surface area contributed by atoms with Crippen LogP contribution in [0.2, 0.25) is 0 Å². The van der Waals surface area contributed by atoms with Crippen molar-refractivity contribution in [1.82, 2.24) is 4.90 Å². The van der Waals surface area contributed by atoms with Gasteiger partial charge in [-0.3, -0.25) is 9.69 Å². The van der Waals surface area contributed by atoms with Gasteiger partial charge in [-0.2, -0.15) is 0 Å². The van der Waals surface area contributed by atoms with E-state index in [9.17, 15) is 4.79 Å². The zero-order valence-corrected chi connectivity index (χ0v) is 10.7. The molecular formula is C14H19NO. The summed E-state index contributed by atoms with van der Waals surface area (Å²) in [4.78, 5) is 14.6. The summed E-state index contributed by atoms with van der Waals surface area (Å²) >= 11 is 0. The molecule has 0 amide bonds. The molecule has 0 radical (unpaired) electrons. The molecule has 86 valence electrons. The van der Waals surface area contributed by atoms with Crippen LogP contribution in [0, 0.1) is 0 Å². The van der Waals surface area contributed by atoms with Gasteiger partial charge in [0.05, 0.1) is 5.54 Å². The first-order chi connectivity index (χ1) is 7.29. The number of hydrogen-bond acceptors (Lipinski definition) is 2. The highest BCUT2D eigenvalue weighted by molar-refractivity contribution is 6.05. The molecule has 0 N–H and O–H groups in total. The minimum Gasteiger partial charge on any atom is -0.292 e. The lowest BCUT2D eigenvalue weighted by Crippen LogP contribution is -2.59. The van der Waals surface area contributed by atoms with E-state index in [0.717, 1.165) is 11.1 Å². The second-order valence-corrected chi connectivity index (χ2v) is 5.55. The number of rotatable bonds is 0. The molecule has 0 aliphatic carbocycles. The maximum Gasteiger partial charge on any atom is 0.182 e. The summed E-state index contributed by atoms with van der Waals surface area (Å²) in [6, 6.07) is 7.93. The number of likely N-dealkylation sites (N-methyl/N-ethyl adjacent to an activating group) is 1. The fraction of sp³-hybridized carbons (Fsp3) is 0.500. The Morgan fingerprint density at radius 2 is 1.56 bits per heavy atom. The van der Waals surface area contributed by atoms with Crippen LogP contribution in [0.1, 0.15) is 43.6 Å². The van der Waals surface area contributed by atoms with Crippen LogP contribution in [0.5, 0.6) is 0 Å². The van der Waals surface area contributed by atoms with Crippen molar-refractivity contribution in [1.29, 1.82) is 0 Å². The fourth-order valence-electron chi connectivity index (χ4n) is 2.58. The van der Waals surface area contributed by atoms with E-state index in [1.165, 1.54) is 0 Å². The molecule has 0 bridgehead atoms. The Balaban J connectivity index is 2.73. The van der Waals surface area contributed by atoms with Crippen LogP contribution in [0.4, 0.5) is 0 Å². The van der Waals surface area contributed by atoms with E-state index in [2.05, 4.69) is 24.8 Å². The molecule has 0 atom stereocenters. The Morgan fingerprint density at radius 1 is 1.00 bits per heavy atom. The summed E-state index contributed by atoms with van der Waals surface area (Å²) < 4.78 is 0. The average Bonchev–Trinajstić information content (AvgIpc) is 2.25. The number of benzene rings is 1. The average molecular weight is 217 g/mol. The smallest absolute Gasteiger partial charge is 0.182 e. The Labute approximate surface area is 97.3 Å². The van der Waals surface area contributed by atoms with Gasteiger partial charge in [-0.25, -0.2) is 0 Å². The molecule has 0 fully saturated rings. The molecule has 0 aromatic heterocycles. The standard InChI is InChI=1S/C14H19NO/c1-13(2)11-9-7-6-8-10(11)12(16)14(3,4)15(13)5/h6-9H,1-5H3. The number of fused-ring (bicyclic) bond motifs is 1. The first-order valence-electron chi connectivity index (χ1n) is 5.68. The predicted molar refractivity (Wildman–Crippen MR) is 65.6 cm³/mol. The number of ketones is 1. The van der Waals surface area contributed by atoms with E-state index in [1.54, 1.807) is 0 Å². The molecule has 1 aromatic rings. The lowest BCUT2D eigenvalue weighted by atomic mass is 9.75. The molecule has 2 nitrogen and oxygen atoms in total. The monoisotopic (exact) mass is 217 g/mol. The maximum atomic E-state index is 12.4. The van der Waals surface area contributed by atoms with Gasteiger partial charge in [-0.1, -0.05) is 24.3 Å². The van der Waals surface area contributed by atoms with E-state index >= 15 is 0 Å². The van der Waals surface area contributed by atoms with Gasteiger partial charge in [0, 0.05) is 11.1 Å². The van der Waals surface area contributed by atoms with Crippen molar-refractivity contribution in [2.75, 3.05) is 7.05 Å². The van der Waals surface area contributed by atoms with E-state index in [4.69, 9.17) is 0 Å². The second kappa shape index (κ2) is 3.17. The second-order valence-electron chi connectivity index (χ2n) is 5.55. The number of carbonyl (C=O) groups is 1. The van der Waals surface area contributed by atoms with Crippen LogP contribution in [0.3, 0.4) is 0 Å². The molecule has 2 rings (SSSR count). The minimum atomic E-state index is -0.433. The number of hydrogen-bond donors (Lipinski definition) is 0. The molecule has 1 heterocycles. The van der Waals surface area contributed by atoms with Crippen LogP contribution < -0.4 is 0 Å². The summed E-state index contributed by atoms with van der Waals surface area (Å²) in [6.07, 6.45) is 0. The lowest BCUT2D eigenvalue weighted by Gasteiger charge is -2.50. The van der Waals surface area contributed by atoms with Crippen molar-refractivity contribution < 1.29 is 4.79 Å². The van der Waals surface area contributed by atoms with Gasteiger partial charge in [-0.05, 0) is 40.3 Å². The Kier molecular flexibility index (Phi) is 2.25. The van der Waals surface area contributed by atoms with Gasteiger partial charge in [-0.15, -0.1) is 0 Å². The molecule has 0 saturated carbocycles. The van der Waals surface area contributed by atoms with Gasteiger partial charge in [0.1, 0.15) is 0 Å². The van der Waals surface area contributed by atoms with Crippen LogP contribution in [0.15, 0.2) is 24.3 Å². The molecule has 1 aliphatic heterocycles. The highest BCUT2D eigenvalue weighted by Gasteiger charge is 2.47. The largest absolute Gasteiger partial charge is 0.292 e. The maximum absolute atomic E-state index is 12.4. The highest BCUT2D eigenvalue weighted by Crippen LogP contribution is 2.40. The molecule has 1 aliphatic rings. The summed E-state index contributed by atoms with van der Waals surface area (Å²) in [5.74, 6) is 0.213. The van der Waals surface area contributed by atoms with Gasteiger partial charge >= 0.3 is 0 Å². The highest BCUT2D eigenvalue weighted by atomic mass is 16.1. The van der Waals surface area contributed by atoms with E-state index in [0.29, 0.717) is 0 Å². The molecule has 1 aromatic carbocycles. The number of carbonyl (C=O) groups excluding carboxylic acids is 1. The van der Waals surface area contributed by atoms with Crippen molar-refractivity contribution in [2.24, 2.45) is 0 Å². The number of Topliss-reactive ketones (excluding diaryl/α,β-unsaturated/α-hetero) is 1. The van der Waals surface area contributed by atoms with Crippen LogP contribution in [-0.2, 0) is 5.54 Å². The van der Waals surface area contributed by atoms with Gasteiger partial charge < -0.3 is 0 Å². The molecule has 0 spiro atoms. The zero-order chi connectivity index (χ0) is 12.1. The van der Waals surface area contributed by atoms with Gasteiger partial charge in [0.2, 0.25) is 0 Å². The van der Waals surface area contributed by atoms with Crippen molar-refractivity contribution >= 4 is 5.78 Å². The Morgan fingerprint density at radius 3 is 2.19 bits per heavy atom. The normalized spacial score (nSPS) is 22.9. The number of nitrogens with zero attached hydrogens (tertiary/aromatic N) is 1. The molecular weight excluding hydrogens is 198 g/mol. The lowest BCUT2D eigenvalue weighted by molar-refractivity contribution is 0.0255. The fourth-order valence-corrected chi connectivity index (χ4v) is 2.58. The first kappa shape index (κ1) is 11.3. The topological polar surface area (TPSA) is 20.3 Å². The van der Waals surface area contributed by atoms with Crippen molar-refractivity contribution in [3.63, 3.8) is 0 Å². The van der Waals surface area contributed by atoms with Crippen molar-refractivity contribution in [3.05, 3.63) is 35.4 Å². The quantitative estimate of drug-likeness (QED) is 0.666. The first-order valence-corrected chi connectivity index (χ1v) is 5.68. The van der Waals surface area contributed by atoms with Crippen molar-refractivity contribution in [3.8, 4) is 0 Å². The summed E-state index contributed by atoms with van der Waals surface area (Å²) in [5.41, 5.74) is 1.46.